The molecule has 0 aliphatic carbocycles. The first-order valence-electron chi connectivity index (χ1n) is 9.26. The van der Waals surface area contributed by atoms with E-state index in [0.717, 1.165) is 39.4 Å². The SMILES string of the molecule is CC1=Nc2ccc(C)cc2/C1=C\c1c(N)n2c(-c3ccccc3)csc2nc1=O. The van der Waals surface area contributed by atoms with Crippen LogP contribution in [-0.2, 0) is 0 Å². The van der Waals surface area contributed by atoms with Crippen LogP contribution in [0.4, 0.5) is 11.5 Å². The van der Waals surface area contributed by atoms with Gasteiger partial charge in [-0.3, -0.25) is 14.2 Å². The van der Waals surface area contributed by atoms with E-state index in [4.69, 9.17) is 5.73 Å². The molecule has 2 aromatic heterocycles. The fraction of sp³-hybridized carbons (Fsp3) is 0.0870. The molecule has 3 heterocycles. The molecule has 0 unspecified atom stereocenters. The van der Waals surface area contributed by atoms with Gasteiger partial charge in [0.05, 0.1) is 16.9 Å². The predicted octanol–water partition coefficient (Wildman–Crippen LogP) is 4.96. The van der Waals surface area contributed by atoms with E-state index in [1.165, 1.54) is 11.3 Å². The average molecular weight is 398 g/mol. The van der Waals surface area contributed by atoms with Crippen LogP contribution in [0.3, 0.4) is 0 Å². The Morgan fingerprint density at radius 1 is 1.10 bits per heavy atom. The molecule has 0 fully saturated rings. The minimum Gasteiger partial charge on any atom is -0.384 e. The predicted molar refractivity (Wildman–Crippen MR) is 121 cm³/mol. The number of rotatable bonds is 2. The lowest BCUT2D eigenvalue weighted by molar-refractivity contribution is 1.12. The van der Waals surface area contributed by atoms with Crippen LogP contribution in [0, 0.1) is 6.92 Å². The molecule has 0 bridgehead atoms. The molecule has 2 N–H and O–H groups in total. The molecule has 0 saturated carbocycles. The number of allylic oxidation sites excluding steroid dienone is 1. The highest BCUT2D eigenvalue weighted by molar-refractivity contribution is 7.15. The van der Waals surface area contributed by atoms with E-state index >= 15 is 0 Å². The van der Waals surface area contributed by atoms with Gasteiger partial charge in [0.1, 0.15) is 5.82 Å². The second-order valence-corrected chi connectivity index (χ2v) is 7.93. The molecule has 142 valence electrons. The minimum atomic E-state index is -0.328. The Morgan fingerprint density at radius 2 is 1.90 bits per heavy atom. The smallest absolute Gasteiger partial charge is 0.283 e. The number of anilines is 1. The number of aryl methyl sites for hydroxylation is 1. The first-order valence-corrected chi connectivity index (χ1v) is 10.1. The number of thiazole rings is 1. The highest BCUT2D eigenvalue weighted by atomic mass is 32.1. The summed E-state index contributed by atoms with van der Waals surface area (Å²) >= 11 is 1.41. The van der Waals surface area contributed by atoms with Crippen LogP contribution in [0.1, 0.15) is 23.6 Å². The molecule has 29 heavy (non-hydrogen) atoms. The van der Waals surface area contributed by atoms with Gasteiger partial charge in [-0.25, -0.2) is 0 Å². The van der Waals surface area contributed by atoms with Gasteiger partial charge in [-0.1, -0.05) is 42.0 Å². The van der Waals surface area contributed by atoms with Gasteiger partial charge in [-0.05, 0) is 37.6 Å². The lowest BCUT2D eigenvalue weighted by atomic mass is 9.99. The molecule has 0 spiro atoms. The van der Waals surface area contributed by atoms with E-state index in [-0.39, 0.29) is 5.56 Å². The summed E-state index contributed by atoms with van der Waals surface area (Å²) in [5.74, 6) is 0.390. The molecule has 4 aromatic rings. The average Bonchev–Trinajstić information content (AvgIpc) is 3.26. The fourth-order valence-electron chi connectivity index (χ4n) is 3.67. The van der Waals surface area contributed by atoms with Crippen LogP contribution in [0.15, 0.2) is 63.7 Å². The molecule has 1 aliphatic heterocycles. The molecule has 5 rings (SSSR count). The van der Waals surface area contributed by atoms with Gasteiger partial charge in [0.15, 0.2) is 4.96 Å². The van der Waals surface area contributed by atoms with Crippen molar-refractivity contribution in [3.05, 3.63) is 81.0 Å². The maximum atomic E-state index is 12.8. The van der Waals surface area contributed by atoms with Crippen LogP contribution in [-0.4, -0.2) is 15.1 Å². The lowest BCUT2D eigenvalue weighted by Gasteiger charge is -2.09. The second kappa shape index (κ2) is 6.53. The summed E-state index contributed by atoms with van der Waals surface area (Å²) in [7, 11) is 0. The van der Waals surface area contributed by atoms with Crippen molar-refractivity contribution in [1.82, 2.24) is 9.38 Å². The highest BCUT2D eigenvalue weighted by Gasteiger charge is 2.20. The molecule has 6 heteroatoms. The zero-order valence-electron chi connectivity index (χ0n) is 16.0. The van der Waals surface area contributed by atoms with Crippen molar-refractivity contribution < 1.29 is 0 Å². The van der Waals surface area contributed by atoms with E-state index < -0.39 is 0 Å². The number of aliphatic imine (C=N–C) groups is 1. The van der Waals surface area contributed by atoms with Crippen molar-refractivity contribution in [2.75, 3.05) is 5.73 Å². The van der Waals surface area contributed by atoms with Crippen molar-refractivity contribution in [2.24, 2.45) is 4.99 Å². The van der Waals surface area contributed by atoms with Crippen LogP contribution < -0.4 is 11.3 Å². The molecule has 2 aromatic carbocycles. The van der Waals surface area contributed by atoms with Gasteiger partial charge in [0.25, 0.3) is 5.56 Å². The van der Waals surface area contributed by atoms with Gasteiger partial charge in [0.2, 0.25) is 0 Å². The Balaban J connectivity index is 1.75. The number of benzene rings is 2. The van der Waals surface area contributed by atoms with Gasteiger partial charge >= 0.3 is 0 Å². The molecule has 0 atom stereocenters. The Hall–Kier alpha value is -3.51. The standard InChI is InChI=1S/C23H18N4OS/c1-13-8-9-19-17(10-13)16(14(2)25-19)11-18-21(24)27-20(15-6-4-3-5-7-15)12-29-23(27)26-22(18)28/h3-12H,24H2,1-2H3/b16-11-. The van der Waals surface area contributed by atoms with E-state index in [0.29, 0.717) is 16.3 Å². The largest absolute Gasteiger partial charge is 0.384 e. The van der Waals surface area contributed by atoms with E-state index in [1.54, 1.807) is 0 Å². The summed E-state index contributed by atoms with van der Waals surface area (Å²) in [6.07, 6.45) is 1.83. The van der Waals surface area contributed by atoms with Crippen molar-refractivity contribution >= 4 is 45.2 Å². The number of hydrogen-bond acceptors (Lipinski definition) is 5. The van der Waals surface area contributed by atoms with E-state index in [9.17, 15) is 4.79 Å². The number of nitrogens with zero attached hydrogens (tertiary/aromatic N) is 3. The Morgan fingerprint density at radius 3 is 2.69 bits per heavy atom. The summed E-state index contributed by atoms with van der Waals surface area (Å²) in [6.45, 7) is 3.99. The van der Waals surface area contributed by atoms with Crippen molar-refractivity contribution in [3.63, 3.8) is 0 Å². The molecule has 1 aliphatic rings. The van der Waals surface area contributed by atoms with E-state index in [2.05, 4.69) is 16.0 Å². The molecular formula is C23H18N4OS. The molecule has 5 nitrogen and oxygen atoms in total. The maximum absolute atomic E-state index is 12.8. The molecule has 0 amide bonds. The van der Waals surface area contributed by atoms with Crippen molar-refractivity contribution in [3.8, 4) is 11.3 Å². The van der Waals surface area contributed by atoms with Crippen LogP contribution in [0.25, 0.3) is 27.9 Å². The molecular weight excluding hydrogens is 380 g/mol. The number of hydrogen-bond donors (Lipinski definition) is 1. The third-order valence-electron chi connectivity index (χ3n) is 5.13. The summed E-state index contributed by atoms with van der Waals surface area (Å²) in [4.78, 5) is 22.3. The first kappa shape index (κ1) is 17.6. The highest BCUT2D eigenvalue weighted by Crippen LogP contribution is 2.37. The monoisotopic (exact) mass is 398 g/mol. The third-order valence-corrected chi connectivity index (χ3v) is 5.96. The third kappa shape index (κ3) is 2.80. The summed E-state index contributed by atoms with van der Waals surface area (Å²) in [5.41, 5.74) is 13.4. The number of nitrogens with two attached hydrogens (primary N) is 1. The van der Waals surface area contributed by atoms with Crippen LogP contribution in [0.5, 0.6) is 0 Å². The Bertz CT molecular complexity index is 1390. The summed E-state index contributed by atoms with van der Waals surface area (Å²) < 4.78 is 1.85. The van der Waals surface area contributed by atoms with Gasteiger partial charge in [-0.2, -0.15) is 4.98 Å². The Labute approximate surface area is 171 Å². The Kier molecular flexibility index (Phi) is 3.96. The van der Waals surface area contributed by atoms with Crippen LogP contribution >= 0.6 is 11.3 Å². The zero-order valence-corrected chi connectivity index (χ0v) is 16.8. The van der Waals surface area contributed by atoms with Crippen LogP contribution in [0.2, 0.25) is 0 Å². The molecule has 0 radical (unpaired) electrons. The fourth-order valence-corrected chi connectivity index (χ4v) is 4.57. The number of aromatic nitrogens is 2. The zero-order chi connectivity index (χ0) is 20.1. The minimum absolute atomic E-state index is 0.328. The lowest BCUT2D eigenvalue weighted by Crippen LogP contribution is -2.16. The normalized spacial score (nSPS) is 14.4. The number of nitrogen functional groups attached to an aromatic ring is 1. The maximum Gasteiger partial charge on any atom is 0.283 e. The quantitative estimate of drug-likeness (QED) is 0.519. The van der Waals surface area contributed by atoms with Gasteiger partial charge in [0, 0.05) is 22.2 Å². The summed E-state index contributed by atoms with van der Waals surface area (Å²) in [5, 5.41) is 1.98. The van der Waals surface area contributed by atoms with Gasteiger partial charge in [-0.15, -0.1) is 11.3 Å². The molecule has 0 saturated heterocycles. The first-order chi connectivity index (χ1) is 14.0. The van der Waals surface area contributed by atoms with Crippen molar-refractivity contribution in [2.45, 2.75) is 13.8 Å². The summed E-state index contributed by atoms with van der Waals surface area (Å²) in [6, 6.07) is 16.1. The van der Waals surface area contributed by atoms with Gasteiger partial charge < -0.3 is 5.73 Å². The van der Waals surface area contributed by atoms with Crippen molar-refractivity contribution in [1.29, 1.82) is 0 Å². The number of fused-ring (bicyclic) bond motifs is 2. The second-order valence-electron chi connectivity index (χ2n) is 7.10. The topological polar surface area (TPSA) is 72.8 Å². The van der Waals surface area contributed by atoms with E-state index in [1.807, 2.05) is 72.2 Å².